The first kappa shape index (κ1) is 45.8. The van der Waals surface area contributed by atoms with Crippen molar-refractivity contribution in [3.05, 3.63) is 303 Å². The molecule has 0 atom stereocenters. The molecule has 0 unspecified atom stereocenters. The number of nitrogens with zero attached hydrogens (tertiary/aromatic N) is 2. The summed E-state index contributed by atoms with van der Waals surface area (Å²) in [6, 6.07) is 111. The second kappa shape index (κ2) is 19.8. The van der Waals surface area contributed by atoms with Crippen LogP contribution in [0.15, 0.2) is 303 Å². The Kier molecular flexibility index (Phi) is 11.8. The second-order valence-corrected chi connectivity index (χ2v) is 20.7. The number of rotatable bonds is 11. The number of hydrogen-bond donors (Lipinski definition) is 0. The standard InChI is InChI=1S/C74H50N2S/c1-5-20-51(21-6-1)52-36-40-59(41-37-52)75(70-47-44-61(53-22-7-2-8-23-53)63-31-15-16-32-64(63)70)71-45-38-57(48-67(71)55-24-9-3-10-25-55)58-39-46-72(68(49-58)56-26-11-4-12-27-56)76(69-34-19-29-54-28-13-14-30-62(54)69)60-42-43-66-65-33-17-18-35-73(65)77-74(66)50-60/h1-50H. The Morgan fingerprint density at radius 3 is 1.27 bits per heavy atom. The molecule has 13 aromatic carbocycles. The molecule has 14 rings (SSSR count). The Balaban J connectivity index is 0.968. The predicted molar refractivity (Wildman–Crippen MR) is 331 cm³/mol. The monoisotopic (exact) mass is 998 g/mol. The first-order valence-electron chi connectivity index (χ1n) is 26.3. The van der Waals surface area contributed by atoms with E-state index in [1.54, 1.807) is 0 Å². The molecule has 14 aromatic rings. The summed E-state index contributed by atoms with van der Waals surface area (Å²) in [6.07, 6.45) is 0. The number of benzene rings is 13. The lowest BCUT2D eigenvalue weighted by Gasteiger charge is -2.30. The van der Waals surface area contributed by atoms with Crippen LogP contribution in [0.2, 0.25) is 0 Å². The molecule has 0 spiro atoms. The SMILES string of the molecule is c1ccc(-c2ccc(N(c3ccc(-c4ccc(N(c5ccc6c(c5)sc5ccccc56)c5cccc6ccccc56)c(-c5ccccc5)c4)cc3-c3ccccc3)c3ccc(-c4ccccc4)c4ccccc34)cc2)cc1. The lowest BCUT2D eigenvalue weighted by molar-refractivity contribution is 1.29. The molecule has 0 aliphatic heterocycles. The summed E-state index contributed by atoms with van der Waals surface area (Å²) < 4.78 is 2.56. The fourth-order valence-electron chi connectivity index (χ4n) is 11.4. The van der Waals surface area contributed by atoms with Crippen LogP contribution in [0.5, 0.6) is 0 Å². The molecule has 1 aromatic heterocycles. The van der Waals surface area contributed by atoms with Gasteiger partial charge in [-0.25, -0.2) is 0 Å². The highest BCUT2D eigenvalue weighted by atomic mass is 32.1. The van der Waals surface area contributed by atoms with E-state index >= 15 is 0 Å². The topological polar surface area (TPSA) is 6.48 Å². The van der Waals surface area contributed by atoms with E-state index in [1.165, 1.54) is 64.0 Å². The van der Waals surface area contributed by atoms with E-state index in [1.807, 2.05) is 11.3 Å². The van der Waals surface area contributed by atoms with Gasteiger partial charge in [-0.3, -0.25) is 0 Å². The summed E-state index contributed by atoms with van der Waals surface area (Å²) in [5.41, 5.74) is 18.2. The molecule has 362 valence electrons. The zero-order valence-electron chi connectivity index (χ0n) is 42.2. The molecule has 0 aliphatic rings. The van der Waals surface area contributed by atoms with Crippen molar-refractivity contribution in [3.8, 4) is 55.6 Å². The van der Waals surface area contributed by atoms with Crippen molar-refractivity contribution in [3.63, 3.8) is 0 Å². The van der Waals surface area contributed by atoms with Crippen molar-refractivity contribution >= 4 is 87.2 Å². The lowest BCUT2D eigenvalue weighted by atomic mass is 9.92. The molecular weight excluding hydrogens is 949 g/mol. The highest BCUT2D eigenvalue weighted by molar-refractivity contribution is 7.25. The summed E-state index contributed by atoms with van der Waals surface area (Å²) in [5, 5.41) is 7.35. The molecule has 0 saturated carbocycles. The van der Waals surface area contributed by atoms with Crippen LogP contribution < -0.4 is 9.80 Å². The maximum atomic E-state index is 2.48. The fraction of sp³-hybridized carbons (Fsp3) is 0. The molecule has 0 aliphatic carbocycles. The average molecular weight is 999 g/mol. The molecule has 0 saturated heterocycles. The molecule has 0 bridgehead atoms. The van der Waals surface area contributed by atoms with Gasteiger partial charge >= 0.3 is 0 Å². The van der Waals surface area contributed by atoms with Crippen molar-refractivity contribution in [1.82, 2.24) is 0 Å². The first-order chi connectivity index (χ1) is 38.2. The Labute approximate surface area is 453 Å². The third-order valence-electron chi connectivity index (χ3n) is 15.1. The van der Waals surface area contributed by atoms with Crippen LogP contribution >= 0.6 is 11.3 Å². The average Bonchev–Trinajstić information content (AvgIpc) is 3.93. The van der Waals surface area contributed by atoms with E-state index in [9.17, 15) is 0 Å². The van der Waals surface area contributed by atoms with Crippen LogP contribution in [0.3, 0.4) is 0 Å². The summed E-state index contributed by atoms with van der Waals surface area (Å²) in [7, 11) is 0. The normalized spacial score (nSPS) is 11.4. The quantitative estimate of drug-likeness (QED) is 0.127. The van der Waals surface area contributed by atoms with Gasteiger partial charge in [-0.1, -0.05) is 237 Å². The van der Waals surface area contributed by atoms with Crippen LogP contribution in [0.25, 0.3) is 97.4 Å². The number of anilines is 6. The molecule has 3 heteroatoms. The fourth-order valence-corrected chi connectivity index (χ4v) is 12.5. The van der Waals surface area contributed by atoms with E-state index in [2.05, 4.69) is 313 Å². The van der Waals surface area contributed by atoms with Gasteiger partial charge < -0.3 is 9.80 Å². The smallest absolute Gasteiger partial charge is 0.0540 e. The van der Waals surface area contributed by atoms with Gasteiger partial charge in [-0.15, -0.1) is 11.3 Å². The minimum absolute atomic E-state index is 1.07. The van der Waals surface area contributed by atoms with E-state index < -0.39 is 0 Å². The van der Waals surface area contributed by atoms with E-state index in [-0.39, 0.29) is 0 Å². The van der Waals surface area contributed by atoms with Crippen LogP contribution in [0, 0.1) is 0 Å². The minimum atomic E-state index is 1.07. The molecule has 0 N–H and O–H groups in total. The predicted octanol–water partition coefficient (Wildman–Crippen LogP) is 21.6. The first-order valence-corrected chi connectivity index (χ1v) is 27.1. The lowest BCUT2D eigenvalue weighted by Crippen LogP contribution is -2.12. The Morgan fingerprint density at radius 2 is 0.636 bits per heavy atom. The number of thiophene rings is 1. The summed E-state index contributed by atoms with van der Waals surface area (Å²) in [6.45, 7) is 0. The van der Waals surface area contributed by atoms with E-state index in [0.29, 0.717) is 0 Å². The number of hydrogen-bond acceptors (Lipinski definition) is 3. The summed E-state index contributed by atoms with van der Waals surface area (Å²) in [4.78, 5) is 4.94. The summed E-state index contributed by atoms with van der Waals surface area (Å²) >= 11 is 1.86. The zero-order valence-corrected chi connectivity index (χ0v) is 43.0. The molecule has 77 heavy (non-hydrogen) atoms. The van der Waals surface area contributed by atoms with E-state index in [4.69, 9.17) is 0 Å². The second-order valence-electron chi connectivity index (χ2n) is 19.6. The molecule has 2 nitrogen and oxygen atoms in total. The van der Waals surface area contributed by atoms with Gasteiger partial charge in [-0.05, 0) is 122 Å². The van der Waals surface area contributed by atoms with Crippen molar-refractivity contribution in [1.29, 1.82) is 0 Å². The molecule has 0 amide bonds. The van der Waals surface area contributed by atoms with Crippen molar-refractivity contribution in [2.45, 2.75) is 0 Å². The van der Waals surface area contributed by atoms with Gasteiger partial charge in [0.25, 0.3) is 0 Å². The van der Waals surface area contributed by atoms with Crippen molar-refractivity contribution in [2.75, 3.05) is 9.80 Å². The van der Waals surface area contributed by atoms with Gasteiger partial charge in [0.2, 0.25) is 0 Å². The summed E-state index contributed by atoms with van der Waals surface area (Å²) in [5.74, 6) is 0. The molecular formula is C74H50N2S. The van der Waals surface area contributed by atoms with Crippen LogP contribution in [0.1, 0.15) is 0 Å². The van der Waals surface area contributed by atoms with Gasteiger partial charge in [-0.2, -0.15) is 0 Å². The highest BCUT2D eigenvalue weighted by Gasteiger charge is 2.24. The zero-order chi connectivity index (χ0) is 51.1. The Hall–Kier alpha value is -9.80. The molecule has 0 radical (unpaired) electrons. The van der Waals surface area contributed by atoms with Crippen molar-refractivity contribution < 1.29 is 0 Å². The number of fused-ring (bicyclic) bond motifs is 5. The Bertz CT molecular complexity index is 4430. The third kappa shape index (κ3) is 8.50. The van der Waals surface area contributed by atoms with Gasteiger partial charge in [0.05, 0.1) is 22.7 Å². The van der Waals surface area contributed by atoms with Crippen LogP contribution in [-0.4, -0.2) is 0 Å². The highest BCUT2D eigenvalue weighted by Crippen LogP contribution is 2.50. The van der Waals surface area contributed by atoms with Gasteiger partial charge in [0, 0.05) is 53.4 Å². The third-order valence-corrected chi connectivity index (χ3v) is 16.2. The molecule has 1 heterocycles. The Morgan fingerprint density at radius 1 is 0.208 bits per heavy atom. The largest absolute Gasteiger partial charge is 0.309 e. The van der Waals surface area contributed by atoms with Crippen LogP contribution in [-0.2, 0) is 0 Å². The molecule has 0 fully saturated rings. The maximum Gasteiger partial charge on any atom is 0.0540 e. The maximum absolute atomic E-state index is 2.48. The van der Waals surface area contributed by atoms with E-state index in [0.717, 1.165) is 67.5 Å². The van der Waals surface area contributed by atoms with Crippen molar-refractivity contribution in [2.24, 2.45) is 0 Å². The van der Waals surface area contributed by atoms with Gasteiger partial charge in [0.15, 0.2) is 0 Å². The van der Waals surface area contributed by atoms with Gasteiger partial charge in [0.1, 0.15) is 0 Å². The van der Waals surface area contributed by atoms with Crippen LogP contribution in [0.4, 0.5) is 34.1 Å². The minimum Gasteiger partial charge on any atom is -0.309 e.